The molecule has 3 rings (SSSR count). The molecule has 0 aliphatic heterocycles. The maximum Gasteiger partial charge on any atom is 0.234 e. The predicted octanol–water partition coefficient (Wildman–Crippen LogP) is 3.92. The Kier molecular flexibility index (Phi) is 8.17. The number of benzene rings is 2. The number of anilines is 1. The molecule has 1 N–H and O–H groups in total. The van der Waals surface area contributed by atoms with Crippen LogP contribution in [0.3, 0.4) is 0 Å². The SMILES string of the molecule is CCOc1ccc(OCC)c(NC(=O)CSc2nnc(COc3ccccc3)n2C)c1. The van der Waals surface area contributed by atoms with Crippen molar-refractivity contribution in [1.29, 1.82) is 0 Å². The molecule has 0 saturated heterocycles. The molecule has 0 unspecified atom stereocenters. The van der Waals surface area contributed by atoms with Crippen LogP contribution < -0.4 is 19.5 Å². The van der Waals surface area contributed by atoms with Gasteiger partial charge in [0.25, 0.3) is 0 Å². The minimum Gasteiger partial charge on any atom is -0.494 e. The number of nitrogens with zero attached hydrogens (tertiary/aromatic N) is 3. The molecule has 3 aromatic rings. The number of carbonyl (C=O) groups is 1. The normalized spacial score (nSPS) is 10.5. The largest absolute Gasteiger partial charge is 0.494 e. The van der Waals surface area contributed by atoms with E-state index in [0.717, 1.165) is 5.75 Å². The van der Waals surface area contributed by atoms with Gasteiger partial charge in [-0.25, -0.2) is 0 Å². The average molecular weight is 443 g/mol. The summed E-state index contributed by atoms with van der Waals surface area (Å²) in [4.78, 5) is 12.5. The van der Waals surface area contributed by atoms with Gasteiger partial charge in [-0.15, -0.1) is 10.2 Å². The Labute approximate surface area is 185 Å². The van der Waals surface area contributed by atoms with E-state index in [9.17, 15) is 4.79 Å². The van der Waals surface area contributed by atoms with Crippen molar-refractivity contribution in [1.82, 2.24) is 14.8 Å². The molecule has 0 radical (unpaired) electrons. The topological polar surface area (TPSA) is 87.5 Å². The van der Waals surface area contributed by atoms with Gasteiger partial charge in [0.1, 0.15) is 23.9 Å². The number of carbonyl (C=O) groups excluding carboxylic acids is 1. The van der Waals surface area contributed by atoms with E-state index in [0.29, 0.717) is 48.0 Å². The summed E-state index contributed by atoms with van der Waals surface area (Å²) in [6, 6.07) is 14.9. The maximum absolute atomic E-state index is 12.5. The molecular weight excluding hydrogens is 416 g/mol. The summed E-state index contributed by atoms with van der Waals surface area (Å²) in [6.07, 6.45) is 0. The van der Waals surface area contributed by atoms with Gasteiger partial charge in [0.15, 0.2) is 11.0 Å². The number of hydrogen-bond donors (Lipinski definition) is 1. The lowest BCUT2D eigenvalue weighted by Gasteiger charge is -2.13. The van der Waals surface area contributed by atoms with E-state index in [1.807, 2.05) is 61.9 Å². The van der Waals surface area contributed by atoms with Gasteiger partial charge in [-0.3, -0.25) is 4.79 Å². The lowest BCUT2D eigenvalue weighted by atomic mass is 10.2. The zero-order valence-electron chi connectivity index (χ0n) is 17.8. The molecule has 1 heterocycles. The van der Waals surface area contributed by atoms with Crippen LogP contribution in [-0.2, 0) is 18.4 Å². The summed E-state index contributed by atoms with van der Waals surface area (Å²) in [5.41, 5.74) is 0.577. The summed E-state index contributed by atoms with van der Waals surface area (Å²) in [5.74, 6) is 2.71. The third-order valence-electron chi connectivity index (χ3n) is 4.20. The second-order valence-corrected chi connectivity index (χ2v) is 7.36. The van der Waals surface area contributed by atoms with Gasteiger partial charge in [-0.05, 0) is 38.1 Å². The fourth-order valence-corrected chi connectivity index (χ4v) is 3.45. The first-order chi connectivity index (χ1) is 15.1. The first kappa shape index (κ1) is 22.5. The zero-order valence-corrected chi connectivity index (χ0v) is 18.6. The van der Waals surface area contributed by atoms with E-state index >= 15 is 0 Å². The lowest BCUT2D eigenvalue weighted by Crippen LogP contribution is -2.15. The van der Waals surface area contributed by atoms with E-state index in [2.05, 4.69) is 15.5 Å². The fourth-order valence-electron chi connectivity index (χ4n) is 2.72. The number of thioether (sulfide) groups is 1. The van der Waals surface area contributed by atoms with E-state index in [1.165, 1.54) is 11.8 Å². The van der Waals surface area contributed by atoms with Crippen molar-refractivity contribution < 1.29 is 19.0 Å². The van der Waals surface area contributed by atoms with Crippen molar-refractivity contribution in [2.24, 2.45) is 7.05 Å². The molecule has 0 aliphatic carbocycles. The van der Waals surface area contributed by atoms with E-state index < -0.39 is 0 Å². The minimum absolute atomic E-state index is 0.176. The number of rotatable bonds is 11. The van der Waals surface area contributed by atoms with Gasteiger partial charge in [-0.2, -0.15) is 0 Å². The molecule has 0 spiro atoms. The number of para-hydroxylation sites is 1. The second kappa shape index (κ2) is 11.3. The molecule has 0 saturated carbocycles. The van der Waals surface area contributed by atoms with Crippen LogP contribution in [0.4, 0.5) is 5.69 Å². The van der Waals surface area contributed by atoms with Crippen LogP contribution in [-0.4, -0.2) is 39.6 Å². The number of ether oxygens (including phenoxy) is 3. The quantitative estimate of drug-likeness (QED) is 0.450. The molecule has 9 heteroatoms. The number of aromatic nitrogens is 3. The third kappa shape index (κ3) is 6.39. The number of hydrogen-bond acceptors (Lipinski definition) is 7. The van der Waals surface area contributed by atoms with Gasteiger partial charge in [-0.1, -0.05) is 30.0 Å². The highest BCUT2D eigenvalue weighted by molar-refractivity contribution is 7.99. The molecule has 0 fully saturated rings. The molecule has 8 nitrogen and oxygen atoms in total. The van der Waals surface area contributed by atoms with Crippen LogP contribution in [0.5, 0.6) is 17.2 Å². The van der Waals surface area contributed by atoms with Crippen molar-refractivity contribution in [2.75, 3.05) is 24.3 Å². The Hall–Kier alpha value is -3.20. The highest BCUT2D eigenvalue weighted by atomic mass is 32.2. The van der Waals surface area contributed by atoms with Crippen LogP contribution in [0, 0.1) is 0 Å². The van der Waals surface area contributed by atoms with Crippen molar-refractivity contribution in [3.63, 3.8) is 0 Å². The summed E-state index contributed by atoms with van der Waals surface area (Å²) in [6.45, 7) is 5.14. The Morgan fingerprint density at radius 3 is 2.52 bits per heavy atom. The molecule has 1 amide bonds. The molecule has 1 aromatic heterocycles. The van der Waals surface area contributed by atoms with Crippen LogP contribution in [0.25, 0.3) is 0 Å². The lowest BCUT2D eigenvalue weighted by molar-refractivity contribution is -0.113. The van der Waals surface area contributed by atoms with Crippen LogP contribution in [0.15, 0.2) is 53.7 Å². The molecular formula is C22H26N4O4S. The monoisotopic (exact) mass is 442 g/mol. The molecule has 0 aliphatic rings. The Balaban J connectivity index is 1.57. The van der Waals surface area contributed by atoms with Gasteiger partial charge in [0.05, 0.1) is 24.7 Å². The fraction of sp³-hybridized carbons (Fsp3) is 0.318. The highest BCUT2D eigenvalue weighted by Crippen LogP contribution is 2.30. The minimum atomic E-state index is -0.176. The van der Waals surface area contributed by atoms with E-state index in [-0.39, 0.29) is 11.7 Å². The van der Waals surface area contributed by atoms with Crippen molar-refractivity contribution >= 4 is 23.4 Å². The van der Waals surface area contributed by atoms with Crippen LogP contribution >= 0.6 is 11.8 Å². The van der Waals surface area contributed by atoms with Gasteiger partial charge >= 0.3 is 0 Å². The summed E-state index contributed by atoms with van der Waals surface area (Å²) in [5, 5.41) is 11.9. The van der Waals surface area contributed by atoms with Crippen molar-refractivity contribution in [3.8, 4) is 17.2 Å². The van der Waals surface area contributed by atoms with E-state index in [1.54, 1.807) is 12.1 Å². The van der Waals surface area contributed by atoms with Crippen LogP contribution in [0.1, 0.15) is 19.7 Å². The van der Waals surface area contributed by atoms with Gasteiger partial charge in [0.2, 0.25) is 5.91 Å². The Morgan fingerprint density at radius 2 is 1.77 bits per heavy atom. The van der Waals surface area contributed by atoms with Gasteiger partial charge in [0, 0.05) is 13.1 Å². The molecule has 0 bridgehead atoms. The third-order valence-corrected chi connectivity index (χ3v) is 5.22. The molecule has 31 heavy (non-hydrogen) atoms. The first-order valence-electron chi connectivity index (χ1n) is 9.99. The summed E-state index contributed by atoms with van der Waals surface area (Å²) >= 11 is 1.30. The Morgan fingerprint density at radius 1 is 1.00 bits per heavy atom. The van der Waals surface area contributed by atoms with Crippen LogP contribution in [0.2, 0.25) is 0 Å². The van der Waals surface area contributed by atoms with E-state index in [4.69, 9.17) is 14.2 Å². The van der Waals surface area contributed by atoms with Crippen molar-refractivity contribution in [2.45, 2.75) is 25.6 Å². The smallest absolute Gasteiger partial charge is 0.234 e. The second-order valence-electron chi connectivity index (χ2n) is 6.42. The maximum atomic E-state index is 12.5. The first-order valence-corrected chi connectivity index (χ1v) is 11.0. The molecule has 2 aromatic carbocycles. The van der Waals surface area contributed by atoms with Crippen molar-refractivity contribution in [3.05, 3.63) is 54.4 Å². The summed E-state index contributed by atoms with van der Waals surface area (Å²) in [7, 11) is 1.85. The van der Waals surface area contributed by atoms with Gasteiger partial charge < -0.3 is 24.1 Å². The molecule has 164 valence electrons. The summed E-state index contributed by atoms with van der Waals surface area (Å²) < 4.78 is 18.7. The predicted molar refractivity (Wildman–Crippen MR) is 120 cm³/mol. The number of amides is 1. The Bertz CT molecular complexity index is 994. The number of nitrogens with one attached hydrogen (secondary N) is 1. The molecule has 0 atom stereocenters. The standard InChI is InChI=1S/C22H26N4O4S/c1-4-28-17-11-12-19(29-5-2)18(13-17)23-21(27)15-31-22-25-24-20(26(22)3)14-30-16-9-7-6-8-10-16/h6-13H,4-5,14-15H2,1-3H3,(H,23,27). The zero-order chi connectivity index (χ0) is 22.1. The average Bonchev–Trinajstić information content (AvgIpc) is 3.13. The highest BCUT2D eigenvalue weighted by Gasteiger charge is 2.14.